The molecule has 218 valence electrons. The number of carbonyl (C=O) groups excluding carboxylic acids is 1. The average molecular weight is 582 g/mol. The molecule has 0 radical (unpaired) electrons. The van der Waals surface area contributed by atoms with Gasteiger partial charge in [-0.15, -0.1) is 0 Å². The summed E-state index contributed by atoms with van der Waals surface area (Å²) >= 11 is 0. The van der Waals surface area contributed by atoms with Crippen molar-refractivity contribution in [2.24, 2.45) is 5.92 Å². The summed E-state index contributed by atoms with van der Waals surface area (Å²) in [6, 6.07) is 21.5. The van der Waals surface area contributed by atoms with E-state index in [0.29, 0.717) is 35.7 Å². The molecule has 1 amide bonds. The highest BCUT2D eigenvalue weighted by Crippen LogP contribution is 2.28. The third-order valence-corrected chi connectivity index (χ3v) is 7.14. The summed E-state index contributed by atoms with van der Waals surface area (Å²) < 4.78 is 53.8. The molecular weight excluding hydrogens is 545 g/mol. The number of halogens is 1. The van der Waals surface area contributed by atoms with Crippen LogP contribution in [0, 0.1) is 18.7 Å². The van der Waals surface area contributed by atoms with Crippen LogP contribution >= 0.6 is 0 Å². The average Bonchev–Trinajstić information content (AvgIpc) is 2.94. The van der Waals surface area contributed by atoms with Gasteiger partial charge >= 0.3 is 0 Å². The highest BCUT2D eigenvalue weighted by molar-refractivity contribution is 7.90. The largest absolute Gasteiger partial charge is 0.493 e. The molecule has 41 heavy (non-hydrogen) atoms. The van der Waals surface area contributed by atoms with E-state index >= 15 is 0 Å². The molecule has 2 aromatic carbocycles. The number of hydrogen-bond acceptors (Lipinski definition) is 7. The van der Waals surface area contributed by atoms with Gasteiger partial charge in [0.2, 0.25) is 5.88 Å². The summed E-state index contributed by atoms with van der Waals surface area (Å²) in [7, 11) is -4.26. The van der Waals surface area contributed by atoms with Gasteiger partial charge < -0.3 is 9.47 Å². The molecule has 0 bridgehead atoms. The van der Waals surface area contributed by atoms with Gasteiger partial charge in [0.15, 0.2) is 5.03 Å². The molecule has 0 aliphatic heterocycles. The molecule has 8 nitrogen and oxygen atoms in total. The third-order valence-electron chi connectivity index (χ3n) is 5.91. The Hall–Kier alpha value is -4.31. The van der Waals surface area contributed by atoms with E-state index in [9.17, 15) is 17.6 Å². The number of ether oxygens (including phenoxy) is 2. The summed E-state index contributed by atoms with van der Waals surface area (Å²) in [4.78, 5) is 21.7. The number of carbonyl (C=O) groups is 1. The molecule has 0 atom stereocenters. The zero-order valence-corrected chi connectivity index (χ0v) is 23.9. The Morgan fingerprint density at radius 3 is 2.49 bits per heavy atom. The van der Waals surface area contributed by atoms with Crippen LogP contribution in [0.3, 0.4) is 0 Å². The molecule has 0 spiro atoms. The molecule has 4 aromatic rings. The Balaban J connectivity index is 0.00000323. The van der Waals surface area contributed by atoms with Gasteiger partial charge in [-0.2, -0.15) is 8.42 Å². The number of sulfonamides is 1. The fraction of sp³-hybridized carbons (Fsp3) is 0.258. The van der Waals surface area contributed by atoms with E-state index in [1.54, 1.807) is 19.1 Å². The van der Waals surface area contributed by atoms with Crippen LogP contribution in [0.25, 0.3) is 11.3 Å². The van der Waals surface area contributed by atoms with E-state index < -0.39 is 21.7 Å². The van der Waals surface area contributed by atoms with Crippen molar-refractivity contribution in [2.75, 3.05) is 13.2 Å². The number of benzene rings is 2. The number of amides is 1. The van der Waals surface area contributed by atoms with E-state index in [2.05, 4.69) is 9.97 Å². The third kappa shape index (κ3) is 8.34. The maximum Gasteiger partial charge on any atom is 0.281 e. The Kier molecular flexibility index (Phi) is 9.67. The first-order chi connectivity index (χ1) is 19.6. The van der Waals surface area contributed by atoms with Crippen molar-refractivity contribution >= 4 is 15.9 Å². The minimum Gasteiger partial charge on any atom is -0.493 e. The molecule has 10 heteroatoms. The van der Waals surface area contributed by atoms with Crippen molar-refractivity contribution in [3.8, 4) is 22.9 Å². The first kappa shape index (κ1) is 29.7. The van der Waals surface area contributed by atoms with Gasteiger partial charge in [-0.05, 0) is 67.6 Å². The lowest BCUT2D eigenvalue weighted by atomic mass is 10.1. The van der Waals surface area contributed by atoms with E-state index in [0.717, 1.165) is 12.0 Å². The zero-order valence-electron chi connectivity index (χ0n) is 23.1. The predicted molar refractivity (Wildman–Crippen MR) is 158 cm³/mol. The lowest BCUT2D eigenvalue weighted by Gasteiger charge is -2.14. The lowest BCUT2D eigenvalue weighted by molar-refractivity contribution is 0.0976. The van der Waals surface area contributed by atoms with Crippen LogP contribution in [-0.2, 0) is 16.4 Å². The maximum absolute atomic E-state index is 14.5. The van der Waals surface area contributed by atoms with Crippen LogP contribution in [-0.4, -0.2) is 37.5 Å². The predicted octanol–water partition coefficient (Wildman–Crippen LogP) is 6.25. The summed E-state index contributed by atoms with van der Waals surface area (Å²) in [5, 5.41) is -0.283. The summed E-state index contributed by atoms with van der Waals surface area (Å²) in [5.74, 6) is -0.911. The van der Waals surface area contributed by atoms with Crippen molar-refractivity contribution in [3.63, 3.8) is 0 Å². The normalized spacial score (nSPS) is 11.3. The van der Waals surface area contributed by atoms with Crippen molar-refractivity contribution < 1.29 is 29.9 Å². The second-order valence-corrected chi connectivity index (χ2v) is 11.5. The first-order valence-electron chi connectivity index (χ1n) is 13.2. The van der Waals surface area contributed by atoms with Gasteiger partial charge in [0.25, 0.3) is 15.9 Å². The monoisotopic (exact) mass is 581 g/mol. The second kappa shape index (κ2) is 13.4. The van der Waals surface area contributed by atoms with Crippen molar-refractivity contribution in [3.05, 3.63) is 102 Å². The zero-order chi connectivity index (χ0) is 29.4. The van der Waals surface area contributed by atoms with Crippen LogP contribution < -0.4 is 14.2 Å². The Labute approximate surface area is 242 Å². The smallest absolute Gasteiger partial charge is 0.281 e. The van der Waals surface area contributed by atoms with Crippen molar-refractivity contribution in [1.29, 1.82) is 0 Å². The number of nitrogens with one attached hydrogen (secondary N) is 1. The van der Waals surface area contributed by atoms with E-state index in [-0.39, 0.29) is 31.8 Å². The second-order valence-electron chi connectivity index (χ2n) is 9.92. The molecule has 4 rings (SSSR count). The van der Waals surface area contributed by atoms with Crippen LogP contribution in [0.4, 0.5) is 4.39 Å². The Bertz CT molecular complexity index is 1620. The van der Waals surface area contributed by atoms with Crippen molar-refractivity contribution in [2.45, 2.75) is 38.6 Å². The molecule has 1 N–H and O–H groups in total. The number of hydrogen-bond donors (Lipinski definition) is 1. The number of nitrogens with zero attached hydrogens (tertiary/aromatic N) is 2. The summed E-state index contributed by atoms with van der Waals surface area (Å²) in [6.45, 7) is 6.25. The van der Waals surface area contributed by atoms with Gasteiger partial charge in [-0.1, -0.05) is 50.2 Å². The number of rotatable bonds is 12. The molecule has 0 aliphatic carbocycles. The SMILES string of the molecule is Cc1cccc(S(=O)(=O)NC(=O)c2ccc(-c3cc(F)cc(OCC(C)C)c3)nc2OCCCc2ccccc2)n1.[HH].[HH]. The molecule has 0 saturated heterocycles. The summed E-state index contributed by atoms with van der Waals surface area (Å²) in [6.07, 6.45) is 1.35. The van der Waals surface area contributed by atoms with Crippen LogP contribution in [0.5, 0.6) is 11.6 Å². The number of aryl methyl sites for hydroxylation is 2. The van der Waals surface area contributed by atoms with Crippen molar-refractivity contribution in [1.82, 2.24) is 14.7 Å². The summed E-state index contributed by atoms with van der Waals surface area (Å²) in [5.41, 5.74) is 2.28. The van der Waals surface area contributed by atoms with E-state index in [1.807, 2.05) is 48.9 Å². The fourth-order valence-electron chi connectivity index (χ4n) is 3.93. The van der Waals surface area contributed by atoms with Crippen LogP contribution in [0.1, 0.15) is 44.7 Å². The Morgan fingerprint density at radius 2 is 1.76 bits per heavy atom. The quantitative estimate of drug-likeness (QED) is 0.197. The lowest BCUT2D eigenvalue weighted by Crippen LogP contribution is -2.31. The standard InChI is InChI=1S/C31H32FN3O5S.2H2/c1-21(2)20-40-26-18-24(17-25(32)19-26)28-15-14-27(30(36)35-41(37,38)29-13-7-9-22(3)33-29)31(34-28)39-16-8-12-23-10-5-4-6-11-23;;/h4-7,9-11,13-15,17-19,21H,8,12,16,20H2,1-3H3,(H,35,36);2*1H. The molecule has 2 aromatic heterocycles. The fourth-order valence-corrected chi connectivity index (χ4v) is 4.91. The number of aromatic nitrogens is 2. The maximum atomic E-state index is 14.5. The van der Waals surface area contributed by atoms with Gasteiger partial charge in [-0.3, -0.25) is 4.79 Å². The minimum atomic E-state index is -4.26. The topological polar surface area (TPSA) is 107 Å². The van der Waals surface area contributed by atoms with E-state index in [4.69, 9.17) is 9.47 Å². The molecule has 0 saturated carbocycles. The van der Waals surface area contributed by atoms with Gasteiger partial charge in [0.1, 0.15) is 17.1 Å². The Morgan fingerprint density at radius 1 is 0.976 bits per heavy atom. The molecule has 0 fully saturated rings. The number of pyridine rings is 2. The molecule has 0 aliphatic rings. The molecule has 2 heterocycles. The van der Waals surface area contributed by atoms with Gasteiger partial charge in [0, 0.05) is 20.2 Å². The first-order valence-corrected chi connectivity index (χ1v) is 14.7. The highest BCUT2D eigenvalue weighted by Gasteiger charge is 2.24. The van der Waals surface area contributed by atoms with Crippen LogP contribution in [0.15, 0.2) is 83.9 Å². The van der Waals surface area contributed by atoms with Gasteiger partial charge in [-0.25, -0.2) is 19.1 Å². The molecular formula is C31H36FN3O5S. The minimum absolute atomic E-state index is 0. The highest BCUT2D eigenvalue weighted by atomic mass is 32.2. The van der Waals surface area contributed by atoms with Gasteiger partial charge in [0.05, 0.1) is 18.9 Å². The van der Waals surface area contributed by atoms with Crippen LogP contribution in [0.2, 0.25) is 0 Å². The van der Waals surface area contributed by atoms with E-state index in [1.165, 1.54) is 36.4 Å². The molecule has 0 unspecified atom stereocenters.